The smallest absolute Gasteiger partial charge is 0.328 e. The molecule has 3 rings (SSSR count). The highest BCUT2D eigenvalue weighted by Gasteiger charge is 2.15. The number of allylic oxidation sites excluding steroid dienone is 1. The molecule has 0 aliphatic rings. The van der Waals surface area contributed by atoms with Gasteiger partial charge >= 0.3 is 5.97 Å². The summed E-state index contributed by atoms with van der Waals surface area (Å²) in [7, 11) is 0. The first-order valence-electron chi connectivity index (χ1n) is 10.0. The maximum Gasteiger partial charge on any atom is 0.328 e. The Balaban J connectivity index is 1.79. The van der Waals surface area contributed by atoms with Crippen LogP contribution in [0.1, 0.15) is 34.1 Å². The van der Waals surface area contributed by atoms with E-state index in [9.17, 15) is 14.0 Å². The van der Waals surface area contributed by atoms with Gasteiger partial charge in [-0.3, -0.25) is 9.78 Å². The molecule has 2 aromatic heterocycles. The van der Waals surface area contributed by atoms with Gasteiger partial charge in [-0.25, -0.2) is 14.2 Å². The molecule has 32 heavy (non-hydrogen) atoms. The standard InChI is InChI=1S/C24H23FN4O3/c1-16(12-22(30)31)21-8-7-20(24(32)28-15-18-5-3-10-26-14-18)23(29-21)27-11-9-17-4-2-6-19(25)13-17/h2-8,10,12-14H,9,11,15H2,1H3,(H,27,29)(H,28,32)(H,30,31)/b16-12-. The molecule has 2 heterocycles. The fourth-order valence-electron chi connectivity index (χ4n) is 3.05. The molecular weight excluding hydrogens is 411 g/mol. The zero-order valence-electron chi connectivity index (χ0n) is 17.5. The number of pyridine rings is 2. The molecule has 0 fully saturated rings. The second-order valence-corrected chi connectivity index (χ2v) is 7.11. The van der Waals surface area contributed by atoms with Gasteiger partial charge in [0.25, 0.3) is 5.91 Å². The number of carbonyl (C=O) groups excluding carboxylic acids is 1. The molecule has 0 bridgehead atoms. The number of aromatic nitrogens is 2. The summed E-state index contributed by atoms with van der Waals surface area (Å²) < 4.78 is 13.4. The summed E-state index contributed by atoms with van der Waals surface area (Å²) in [6, 6.07) is 13.1. The number of carboxylic acid groups (broad SMARTS) is 1. The molecule has 7 nitrogen and oxygen atoms in total. The molecule has 1 amide bonds. The van der Waals surface area contributed by atoms with Gasteiger partial charge in [0.2, 0.25) is 0 Å². The highest BCUT2D eigenvalue weighted by atomic mass is 19.1. The minimum atomic E-state index is -1.08. The van der Waals surface area contributed by atoms with Gasteiger partial charge in [0.1, 0.15) is 11.6 Å². The maximum absolute atomic E-state index is 13.4. The number of aliphatic carboxylic acids is 1. The van der Waals surface area contributed by atoms with Crippen LogP contribution in [0.5, 0.6) is 0 Å². The molecule has 0 aliphatic heterocycles. The van der Waals surface area contributed by atoms with E-state index in [0.29, 0.717) is 42.2 Å². The highest BCUT2D eigenvalue weighted by Crippen LogP contribution is 2.19. The molecule has 8 heteroatoms. The van der Waals surface area contributed by atoms with Crippen molar-refractivity contribution in [3.63, 3.8) is 0 Å². The zero-order valence-corrected chi connectivity index (χ0v) is 17.5. The average molecular weight is 434 g/mol. The van der Waals surface area contributed by atoms with Crippen LogP contribution >= 0.6 is 0 Å². The van der Waals surface area contributed by atoms with Crippen molar-refractivity contribution in [2.24, 2.45) is 0 Å². The molecule has 0 radical (unpaired) electrons. The Labute approximate surface area is 185 Å². The fraction of sp³-hybridized carbons (Fsp3) is 0.167. The Morgan fingerprint density at radius 1 is 1.12 bits per heavy atom. The van der Waals surface area contributed by atoms with Crippen LogP contribution in [0.3, 0.4) is 0 Å². The Hall–Kier alpha value is -4.07. The molecule has 3 aromatic rings. The fourth-order valence-corrected chi connectivity index (χ4v) is 3.05. The van der Waals surface area contributed by atoms with Crippen LogP contribution in [-0.4, -0.2) is 33.5 Å². The lowest BCUT2D eigenvalue weighted by atomic mass is 10.1. The number of amides is 1. The summed E-state index contributed by atoms with van der Waals surface area (Å²) in [5.74, 6) is -1.41. The van der Waals surface area contributed by atoms with Gasteiger partial charge in [-0.2, -0.15) is 0 Å². The molecular formula is C24H23FN4O3. The van der Waals surface area contributed by atoms with E-state index in [1.54, 1.807) is 43.6 Å². The quantitative estimate of drug-likeness (QED) is 0.444. The number of carboxylic acids is 1. The second-order valence-electron chi connectivity index (χ2n) is 7.11. The van der Waals surface area contributed by atoms with Gasteiger partial charge in [0, 0.05) is 31.6 Å². The SMILES string of the molecule is C/C(=C/C(=O)O)c1ccc(C(=O)NCc2cccnc2)c(NCCc2cccc(F)c2)n1. The summed E-state index contributed by atoms with van der Waals surface area (Å²) in [6.07, 6.45) is 4.90. The van der Waals surface area contributed by atoms with Gasteiger partial charge in [0.05, 0.1) is 11.3 Å². The molecule has 3 N–H and O–H groups in total. The first-order valence-corrected chi connectivity index (χ1v) is 10.0. The second kappa shape index (κ2) is 10.8. The molecule has 1 aromatic carbocycles. The minimum absolute atomic E-state index is 0.301. The van der Waals surface area contributed by atoms with Crippen molar-refractivity contribution in [2.75, 3.05) is 11.9 Å². The molecule has 0 atom stereocenters. The van der Waals surface area contributed by atoms with E-state index in [1.807, 2.05) is 12.1 Å². The Morgan fingerprint density at radius 3 is 2.66 bits per heavy atom. The number of halogens is 1. The van der Waals surface area contributed by atoms with Crippen LogP contribution in [0.25, 0.3) is 5.57 Å². The Kier molecular flexibility index (Phi) is 7.64. The predicted molar refractivity (Wildman–Crippen MR) is 120 cm³/mol. The van der Waals surface area contributed by atoms with Gasteiger partial charge in [-0.05, 0) is 60.4 Å². The van der Waals surface area contributed by atoms with E-state index in [4.69, 9.17) is 5.11 Å². The van der Waals surface area contributed by atoms with Crippen LogP contribution in [0.4, 0.5) is 10.2 Å². The van der Waals surface area contributed by atoms with Crippen molar-refractivity contribution < 1.29 is 19.1 Å². The summed E-state index contributed by atoms with van der Waals surface area (Å²) >= 11 is 0. The summed E-state index contributed by atoms with van der Waals surface area (Å²) in [5, 5.41) is 15.0. The van der Waals surface area contributed by atoms with E-state index in [1.165, 1.54) is 12.1 Å². The molecule has 0 saturated heterocycles. The van der Waals surface area contributed by atoms with E-state index < -0.39 is 5.97 Å². The largest absolute Gasteiger partial charge is 0.478 e. The lowest BCUT2D eigenvalue weighted by molar-refractivity contribution is -0.131. The molecule has 0 aliphatic carbocycles. The highest BCUT2D eigenvalue weighted by molar-refractivity contribution is 5.99. The van der Waals surface area contributed by atoms with Crippen molar-refractivity contribution in [1.82, 2.24) is 15.3 Å². The van der Waals surface area contributed by atoms with Crippen LogP contribution in [0.2, 0.25) is 0 Å². The van der Waals surface area contributed by atoms with E-state index in [-0.39, 0.29) is 11.7 Å². The number of benzene rings is 1. The molecule has 0 unspecified atom stereocenters. The molecule has 0 spiro atoms. The third kappa shape index (κ3) is 6.46. The van der Waals surface area contributed by atoms with E-state index in [2.05, 4.69) is 20.6 Å². The van der Waals surface area contributed by atoms with Crippen LogP contribution in [0.15, 0.2) is 67.0 Å². The van der Waals surface area contributed by atoms with Crippen LogP contribution in [0, 0.1) is 5.82 Å². The van der Waals surface area contributed by atoms with E-state index >= 15 is 0 Å². The summed E-state index contributed by atoms with van der Waals surface area (Å²) in [5.41, 5.74) is 2.86. The normalized spacial score (nSPS) is 11.1. The zero-order chi connectivity index (χ0) is 22.9. The summed E-state index contributed by atoms with van der Waals surface area (Å²) in [6.45, 7) is 2.34. The van der Waals surface area contributed by atoms with Crippen molar-refractivity contribution in [2.45, 2.75) is 19.9 Å². The van der Waals surface area contributed by atoms with E-state index in [0.717, 1.165) is 17.2 Å². The lowest BCUT2D eigenvalue weighted by Crippen LogP contribution is -2.25. The molecule has 164 valence electrons. The third-order valence-electron chi connectivity index (χ3n) is 4.65. The average Bonchev–Trinajstić information content (AvgIpc) is 2.78. The number of hydrogen-bond donors (Lipinski definition) is 3. The molecule has 0 saturated carbocycles. The number of nitrogens with one attached hydrogen (secondary N) is 2. The number of hydrogen-bond acceptors (Lipinski definition) is 5. The van der Waals surface area contributed by atoms with Crippen molar-refractivity contribution in [1.29, 1.82) is 0 Å². The third-order valence-corrected chi connectivity index (χ3v) is 4.65. The number of nitrogens with zero attached hydrogens (tertiary/aromatic N) is 2. The maximum atomic E-state index is 13.4. The van der Waals surface area contributed by atoms with Crippen molar-refractivity contribution in [3.05, 3.63) is 95.2 Å². The topological polar surface area (TPSA) is 104 Å². The Bertz CT molecular complexity index is 1130. The Morgan fingerprint density at radius 2 is 1.94 bits per heavy atom. The first kappa shape index (κ1) is 22.6. The lowest BCUT2D eigenvalue weighted by Gasteiger charge is -2.13. The van der Waals surface area contributed by atoms with Crippen molar-refractivity contribution >= 4 is 23.3 Å². The number of rotatable bonds is 9. The number of anilines is 1. The predicted octanol–water partition coefficient (Wildman–Crippen LogP) is 3.69. The van der Waals surface area contributed by atoms with Crippen LogP contribution in [-0.2, 0) is 17.8 Å². The van der Waals surface area contributed by atoms with Gasteiger partial charge < -0.3 is 15.7 Å². The van der Waals surface area contributed by atoms with Crippen LogP contribution < -0.4 is 10.6 Å². The monoisotopic (exact) mass is 434 g/mol. The first-order chi connectivity index (χ1) is 15.4. The minimum Gasteiger partial charge on any atom is -0.478 e. The van der Waals surface area contributed by atoms with Gasteiger partial charge in [-0.15, -0.1) is 0 Å². The number of carbonyl (C=O) groups is 2. The van der Waals surface area contributed by atoms with Gasteiger partial charge in [0.15, 0.2) is 0 Å². The van der Waals surface area contributed by atoms with Crippen molar-refractivity contribution in [3.8, 4) is 0 Å². The van der Waals surface area contributed by atoms with Gasteiger partial charge in [-0.1, -0.05) is 18.2 Å². The summed E-state index contributed by atoms with van der Waals surface area (Å²) in [4.78, 5) is 32.3.